The van der Waals surface area contributed by atoms with Gasteiger partial charge in [-0.15, -0.1) is 0 Å². The normalized spacial score (nSPS) is 23.7. The van der Waals surface area contributed by atoms with Crippen molar-refractivity contribution in [2.75, 3.05) is 39.4 Å². The number of ether oxygens (including phenoxy) is 2. The molecule has 1 aliphatic carbocycles. The van der Waals surface area contributed by atoms with Crippen LogP contribution in [0.25, 0.3) is 5.57 Å². The Morgan fingerprint density at radius 1 is 1.18 bits per heavy atom. The fraction of sp³-hybridized carbons (Fsp3) is 0.500. The van der Waals surface area contributed by atoms with E-state index in [1.54, 1.807) is 12.4 Å². The second-order valence-electron chi connectivity index (χ2n) is 10.8. The number of hydrogen-bond donors (Lipinski definition) is 3. The Balaban J connectivity index is 1.36. The molecule has 2 aliphatic rings. The van der Waals surface area contributed by atoms with Gasteiger partial charge in [-0.3, -0.25) is 9.78 Å². The lowest BCUT2D eigenvalue weighted by Crippen LogP contribution is -2.44. The lowest BCUT2D eigenvalue weighted by atomic mass is 9.82. The number of carboxylic acid groups (broad SMARTS) is 1. The minimum Gasteiger partial charge on any atom is -0.480 e. The molecule has 0 radical (unpaired) electrons. The average Bonchev–Trinajstić information content (AvgIpc) is 3.37. The van der Waals surface area contributed by atoms with Crippen LogP contribution in [-0.4, -0.2) is 83.4 Å². The van der Waals surface area contributed by atoms with Crippen molar-refractivity contribution in [2.45, 2.75) is 57.5 Å². The van der Waals surface area contributed by atoms with E-state index >= 15 is 0 Å². The Labute approximate surface area is 237 Å². The number of β-amino-alcohol motifs (C(OH)–C–C–N with tert-alkyl or cyclic N) is 1. The molecular formula is C32H43N3O5. The van der Waals surface area contributed by atoms with Crippen molar-refractivity contribution in [3.63, 3.8) is 0 Å². The molecular weight excluding hydrogens is 506 g/mol. The summed E-state index contributed by atoms with van der Waals surface area (Å²) < 4.78 is 13.1. The van der Waals surface area contributed by atoms with E-state index < -0.39 is 17.8 Å². The van der Waals surface area contributed by atoms with Gasteiger partial charge >= 0.3 is 5.97 Å². The fourth-order valence-corrected chi connectivity index (χ4v) is 5.52. The minimum atomic E-state index is -0.917. The number of carbonyl (C=O) groups is 1. The number of rotatable bonds is 15. The van der Waals surface area contributed by atoms with Crippen LogP contribution in [0.1, 0.15) is 42.9 Å². The lowest BCUT2D eigenvalue weighted by molar-refractivity contribution is -0.223. The van der Waals surface area contributed by atoms with E-state index in [4.69, 9.17) is 9.47 Å². The van der Waals surface area contributed by atoms with Crippen molar-refractivity contribution in [3.05, 3.63) is 83.7 Å². The van der Waals surface area contributed by atoms with Crippen LogP contribution in [0.3, 0.4) is 0 Å². The Kier molecular flexibility index (Phi) is 11.0. The van der Waals surface area contributed by atoms with Gasteiger partial charge in [0.1, 0.15) is 6.04 Å². The molecule has 1 aromatic carbocycles. The molecule has 1 aromatic heterocycles. The number of aliphatic hydroxyl groups is 1. The zero-order valence-corrected chi connectivity index (χ0v) is 23.7. The third kappa shape index (κ3) is 8.08. The first kappa shape index (κ1) is 30.1. The Hall–Kier alpha value is -2.88. The highest BCUT2D eigenvalue weighted by molar-refractivity contribution is 5.74. The smallest absolute Gasteiger partial charge is 0.321 e. The van der Waals surface area contributed by atoms with Crippen LogP contribution in [0.5, 0.6) is 0 Å². The predicted molar refractivity (Wildman–Crippen MR) is 156 cm³/mol. The molecule has 4 rings (SSSR count). The standard InChI is InChI=1S/C32H43N3O5/c1-24-8-3-4-9-28(24)29-10-5-14-32(25(29)2,40-21-7-18-35-19-13-27(36)23-35)39-20-6-15-34-30(31(37)38)22-26-11-16-33-17-12-26/h3-5,8-12,14,16-17,25,27,30,34,36H,6-7,13,15,18-23H2,1-2H3,(H,37,38)/t25?,27-,30?,32?/m1/s1. The maximum Gasteiger partial charge on any atom is 0.321 e. The molecule has 216 valence electrons. The van der Waals surface area contributed by atoms with Gasteiger partial charge < -0.3 is 29.9 Å². The highest BCUT2D eigenvalue weighted by Gasteiger charge is 2.40. The first-order chi connectivity index (χ1) is 19.4. The molecule has 4 atom stereocenters. The van der Waals surface area contributed by atoms with Gasteiger partial charge in [-0.1, -0.05) is 43.3 Å². The molecule has 1 fully saturated rings. The highest BCUT2D eigenvalue weighted by atomic mass is 16.7. The van der Waals surface area contributed by atoms with Gasteiger partial charge in [-0.05, 0) is 79.6 Å². The van der Waals surface area contributed by atoms with Crippen molar-refractivity contribution in [1.82, 2.24) is 15.2 Å². The third-order valence-electron chi connectivity index (χ3n) is 7.85. The minimum absolute atomic E-state index is 0.0429. The molecule has 1 saturated heterocycles. The van der Waals surface area contributed by atoms with Crippen LogP contribution in [0.4, 0.5) is 0 Å². The number of aliphatic carboxylic acids is 1. The van der Waals surface area contributed by atoms with Gasteiger partial charge in [0.15, 0.2) is 5.79 Å². The molecule has 3 N–H and O–H groups in total. The summed E-state index contributed by atoms with van der Waals surface area (Å²) >= 11 is 0. The van der Waals surface area contributed by atoms with Crippen LogP contribution in [0.2, 0.25) is 0 Å². The van der Waals surface area contributed by atoms with Crippen LogP contribution in [-0.2, 0) is 20.7 Å². The number of pyridine rings is 1. The number of nitrogens with one attached hydrogen (secondary N) is 1. The maximum absolute atomic E-state index is 11.8. The van der Waals surface area contributed by atoms with Gasteiger partial charge in [0.05, 0.1) is 19.3 Å². The monoisotopic (exact) mass is 549 g/mol. The number of carboxylic acids is 1. The largest absolute Gasteiger partial charge is 0.480 e. The number of aromatic nitrogens is 1. The molecule has 2 heterocycles. The first-order valence-corrected chi connectivity index (χ1v) is 14.4. The van der Waals surface area contributed by atoms with E-state index in [0.29, 0.717) is 32.6 Å². The molecule has 1 aliphatic heterocycles. The number of likely N-dealkylation sites (tertiary alicyclic amines) is 1. The van der Waals surface area contributed by atoms with E-state index in [2.05, 4.69) is 53.3 Å². The number of nitrogens with zero attached hydrogens (tertiary/aromatic N) is 2. The summed E-state index contributed by atoms with van der Waals surface area (Å²) in [6.45, 7) is 8.25. The molecule has 2 aromatic rings. The number of benzene rings is 1. The Bertz CT molecular complexity index is 1150. The molecule has 8 heteroatoms. The fourth-order valence-electron chi connectivity index (χ4n) is 5.52. The zero-order chi connectivity index (χ0) is 28.4. The second-order valence-corrected chi connectivity index (χ2v) is 10.8. The van der Waals surface area contributed by atoms with Gasteiger partial charge in [0.25, 0.3) is 0 Å². The molecule has 3 unspecified atom stereocenters. The van der Waals surface area contributed by atoms with E-state index in [1.807, 2.05) is 30.4 Å². The Morgan fingerprint density at radius 3 is 2.62 bits per heavy atom. The quantitative estimate of drug-likeness (QED) is 0.227. The van der Waals surface area contributed by atoms with Crippen LogP contribution in [0, 0.1) is 12.8 Å². The summed E-state index contributed by atoms with van der Waals surface area (Å²) in [5, 5.41) is 22.7. The van der Waals surface area contributed by atoms with Crippen molar-refractivity contribution in [2.24, 2.45) is 5.92 Å². The number of aliphatic hydroxyl groups excluding tert-OH is 1. The summed E-state index contributed by atoms with van der Waals surface area (Å²) in [7, 11) is 0. The van der Waals surface area contributed by atoms with Gasteiger partial charge in [-0.2, -0.15) is 0 Å². The van der Waals surface area contributed by atoms with Crippen LogP contribution < -0.4 is 5.32 Å². The van der Waals surface area contributed by atoms with Crippen molar-refractivity contribution in [3.8, 4) is 0 Å². The molecule has 0 spiro atoms. The zero-order valence-electron chi connectivity index (χ0n) is 23.7. The number of allylic oxidation sites excluding steroid dienone is 2. The molecule has 8 nitrogen and oxygen atoms in total. The third-order valence-corrected chi connectivity index (χ3v) is 7.85. The summed E-state index contributed by atoms with van der Waals surface area (Å²) in [6, 6.07) is 11.3. The molecule has 40 heavy (non-hydrogen) atoms. The van der Waals surface area contributed by atoms with Crippen molar-refractivity contribution >= 4 is 11.5 Å². The summed E-state index contributed by atoms with van der Waals surface area (Å²) in [4.78, 5) is 18.1. The first-order valence-electron chi connectivity index (χ1n) is 14.4. The maximum atomic E-state index is 11.8. The van der Waals surface area contributed by atoms with Gasteiger partial charge in [0.2, 0.25) is 0 Å². The van der Waals surface area contributed by atoms with Crippen molar-refractivity contribution in [1.29, 1.82) is 0 Å². The van der Waals surface area contributed by atoms with E-state index in [-0.39, 0.29) is 12.0 Å². The van der Waals surface area contributed by atoms with E-state index in [0.717, 1.165) is 38.0 Å². The van der Waals surface area contributed by atoms with Gasteiger partial charge in [-0.25, -0.2) is 0 Å². The Morgan fingerprint density at radius 2 is 1.93 bits per heavy atom. The summed E-state index contributed by atoms with van der Waals surface area (Å²) in [5.41, 5.74) is 4.49. The topological polar surface area (TPSA) is 104 Å². The van der Waals surface area contributed by atoms with E-state index in [9.17, 15) is 15.0 Å². The molecule has 0 bridgehead atoms. The number of hydrogen-bond acceptors (Lipinski definition) is 7. The van der Waals surface area contributed by atoms with Crippen molar-refractivity contribution < 1.29 is 24.5 Å². The highest BCUT2D eigenvalue weighted by Crippen LogP contribution is 2.40. The molecule has 0 amide bonds. The number of aryl methyl sites for hydroxylation is 1. The summed E-state index contributed by atoms with van der Waals surface area (Å²) in [6.07, 6.45) is 12.0. The predicted octanol–water partition coefficient (Wildman–Crippen LogP) is 3.84. The van der Waals surface area contributed by atoms with Crippen LogP contribution in [0.15, 0.2) is 67.0 Å². The second kappa shape index (κ2) is 14.7. The van der Waals surface area contributed by atoms with E-state index in [1.165, 1.54) is 16.7 Å². The average molecular weight is 550 g/mol. The summed E-state index contributed by atoms with van der Waals surface area (Å²) in [5.74, 6) is -1.83. The SMILES string of the molecule is Cc1ccccc1C1=CC=CC(OCCCNC(Cc2ccncc2)C(=O)O)(OCCCN2CC[C@@H](O)C2)C1C. The van der Waals surface area contributed by atoms with Gasteiger partial charge in [0, 0.05) is 37.9 Å². The molecule has 0 saturated carbocycles. The van der Waals surface area contributed by atoms with Crippen LogP contribution >= 0.6 is 0 Å². The lowest BCUT2D eigenvalue weighted by Gasteiger charge is -2.40.